The monoisotopic (exact) mass is 286 g/mol. The van der Waals surface area contributed by atoms with Gasteiger partial charge in [0.2, 0.25) is 5.95 Å². The summed E-state index contributed by atoms with van der Waals surface area (Å²) in [6.07, 6.45) is -3.14. The second kappa shape index (κ2) is 4.66. The van der Waals surface area contributed by atoms with Gasteiger partial charge in [-0.3, -0.25) is 4.68 Å². The van der Waals surface area contributed by atoms with E-state index in [0.717, 1.165) is 0 Å². The maximum absolute atomic E-state index is 13.3. The lowest BCUT2D eigenvalue weighted by atomic mass is 10.1. The number of rotatable bonds is 2. The summed E-state index contributed by atoms with van der Waals surface area (Å²) in [6, 6.07) is 0. The number of halogens is 3. The Morgan fingerprint density at radius 2 is 1.95 bits per heavy atom. The van der Waals surface area contributed by atoms with Gasteiger partial charge in [0, 0.05) is 25.9 Å². The molecule has 3 N–H and O–H groups in total. The van der Waals surface area contributed by atoms with Crippen molar-refractivity contribution in [3.8, 4) is 11.3 Å². The molecule has 0 aliphatic carbocycles. The van der Waals surface area contributed by atoms with E-state index in [4.69, 9.17) is 5.73 Å². The first kappa shape index (κ1) is 14.1. The van der Waals surface area contributed by atoms with Crippen molar-refractivity contribution in [2.45, 2.75) is 13.1 Å². The fraction of sp³-hybridized carbons (Fsp3) is 0.364. The van der Waals surface area contributed by atoms with E-state index in [1.807, 2.05) is 0 Å². The van der Waals surface area contributed by atoms with Crippen molar-refractivity contribution < 1.29 is 13.2 Å². The quantitative estimate of drug-likeness (QED) is 0.880. The van der Waals surface area contributed by atoms with E-state index in [9.17, 15) is 13.2 Å². The standard InChI is InChI=1S/C11H13F3N6/c1-5-6(4-20(3)19-5)8-7(11(12,13)14)9(16-2)18-10(15)17-8/h4H,1-3H3,(H3,15,16,17,18). The molecule has 0 saturated carbocycles. The summed E-state index contributed by atoms with van der Waals surface area (Å²) in [5, 5.41) is 6.42. The molecule has 2 aromatic rings. The lowest BCUT2D eigenvalue weighted by molar-refractivity contribution is -0.136. The summed E-state index contributed by atoms with van der Waals surface area (Å²) in [7, 11) is 2.96. The van der Waals surface area contributed by atoms with Crippen LogP contribution in [0.5, 0.6) is 0 Å². The van der Waals surface area contributed by atoms with Crippen LogP contribution in [0, 0.1) is 6.92 Å². The third-order valence-corrected chi connectivity index (χ3v) is 2.72. The SMILES string of the molecule is CNc1nc(N)nc(-c2cn(C)nc2C)c1C(F)(F)F. The van der Waals surface area contributed by atoms with Crippen molar-refractivity contribution in [2.24, 2.45) is 7.05 Å². The second-order valence-electron chi connectivity index (χ2n) is 4.20. The van der Waals surface area contributed by atoms with Crippen LogP contribution in [-0.2, 0) is 13.2 Å². The van der Waals surface area contributed by atoms with E-state index in [1.54, 1.807) is 14.0 Å². The molecular weight excluding hydrogens is 273 g/mol. The molecule has 0 bridgehead atoms. The van der Waals surface area contributed by atoms with Crippen LogP contribution in [0.25, 0.3) is 11.3 Å². The van der Waals surface area contributed by atoms with E-state index >= 15 is 0 Å². The minimum atomic E-state index is -4.61. The number of nitrogen functional groups attached to an aromatic ring is 1. The van der Waals surface area contributed by atoms with Crippen LogP contribution in [0.4, 0.5) is 24.9 Å². The largest absolute Gasteiger partial charge is 0.422 e. The first-order chi connectivity index (χ1) is 9.24. The Hall–Kier alpha value is -2.32. The Kier molecular flexibility index (Phi) is 3.28. The number of hydrogen-bond donors (Lipinski definition) is 2. The fourth-order valence-electron chi connectivity index (χ4n) is 1.95. The molecule has 6 nitrogen and oxygen atoms in total. The van der Waals surface area contributed by atoms with Gasteiger partial charge >= 0.3 is 6.18 Å². The number of aromatic nitrogens is 4. The normalized spacial score (nSPS) is 11.7. The summed E-state index contributed by atoms with van der Waals surface area (Å²) in [6.45, 7) is 1.60. The highest BCUT2D eigenvalue weighted by atomic mass is 19.4. The van der Waals surface area contributed by atoms with Crippen LogP contribution in [0.1, 0.15) is 11.3 Å². The van der Waals surface area contributed by atoms with Crippen LogP contribution in [0.2, 0.25) is 0 Å². The maximum atomic E-state index is 13.3. The van der Waals surface area contributed by atoms with Crippen LogP contribution < -0.4 is 11.1 Å². The molecule has 0 unspecified atom stereocenters. The topological polar surface area (TPSA) is 81.6 Å². The van der Waals surface area contributed by atoms with Gasteiger partial charge in [0.1, 0.15) is 11.4 Å². The molecule has 0 aliphatic rings. The zero-order chi connectivity index (χ0) is 15.1. The molecule has 0 aromatic carbocycles. The molecular formula is C11H13F3N6. The maximum Gasteiger partial charge on any atom is 0.422 e. The van der Waals surface area contributed by atoms with E-state index in [1.165, 1.54) is 17.9 Å². The number of nitrogens with zero attached hydrogens (tertiary/aromatic N) is 4. The highest BCUT2D eigenvalue weighted by molar-refractivity contribution is 5.72. The minimum absolute atomic E-state index is 0.236. The van der Waals surface area contributed by atoms with Gasteiger partial charge < -0.3 is 11.1 Å². The molecule has 2 heterocycles. The van der Waals surface area contributed by atoms with Gasteiger partial charge in [-0.25, -0.2) is 4.98 Å². The zero-order valence-corrected chi connectivity index (χ0v) is 11.1. The second-order valence-corrected chi connectivity index (χ2v) is 4.20. The van der Waals surface area contributed by atoms with Gasteiger partial charge in [-0.15, -0.1) is 0 Å². The Labute approximate surface area is 112 Å². The van der Waals surface area contributed by atoms with Crippen LogP contribution >= 0.6 is 0 Å². The van der Waals surface area contributed by atoms with Gasteiger partial charge in [0.25, 0.3) is 0 Å². The Balaban J connectivity index is 2.81. The predicted octanol–water partition coefficient (Wildman–Crippen LogP) is 1.83. The lowest BCUT2D eigenvalue weighted by Crippen LogP contribution is -2.15. The Morgan fingerprint density at radius 1 is 1.30 bits per heavy atom. The molecule has 2 rings (SSSR count). The van der Waals surface area contributed by atoms with Gasteiger partial charge in [0.15, 0.2) is 0 Å². The molecule has 0 spiro atoms. The molecule has 108 valence electrons. The van der Waals surface area contributed by atoms with Gasteiger partial charge in [-0.1, -0.05) is 0 Å². The zero-order valence-electron chi connectivity index (χ0n) is 11.1. The molecule has 0 saturated heterocycles. The van der Waals surface area contributed by atoms with E-state index in [2.05, 4.69) is 20.4 Å². The molecule has 20 heavy (non-hydrogen) atoms. The average Bonchev–Trinajstić information content (AvgIpc) is 2.65. The molecule has 0 radical (unpaired) electrons. The highest BCUT2D eigenvalue weighted by Gasteiger charge is 2.39. The predicted molar refractivity (Wildman–Crippen MR) is 67.9 cm³/mol. The van der Waals surface area contributed by atoms with Crippen molar-refractivity contribution in [1.29, 1.82) is 0 Å². The summed E-state index contributed by atoms with van der Waals surface area (Å²) in [5.41, 5.74) is 4.95. The third kappa shape index (κ3) is 2.38. The molecule has 0 amide bonds. The van der Waals surface area contributed by atoms with Crippen molar-refractivity contribution in [3.05, 3.63) is 17.5 Å². The number of aryl methyl sites for hydroxylation is 2. The van der Waals surface area contributed by atoms with Gasteiger partial charge in [-0.2, -0.15) is 23.3 Å². The van der Waals surface area contributed by atoms with Crippen LogP contribution in [0.15, 0.2) is 6.20 Å². The Morgan fingerprint density at radius 3 is 2.40 bits per heavy atom. The van der Waals surface area contributed by atoms with E-state index in [-0.39, 0.29) is 23.0 Å². The fourth-order valence-corrected chi connectivity index (χ4v) is 1.95. The number of hydrogen-bond acceptors (Lipinski definition) is 5. The first-order valence-corrected chi connectivity index (χ1v) is 5.67. The first-order valence-electron chi connectivity index (χ1n) is 5.67. The average molecular weight is 286 g/mol. The van der Waals surface area contributed by atoms with Crippen molar-refractivity contribution in [3.63, 3.8) is 0 Å². The van der Waals surface area contributed by atoms with E-state index < -0.39 is 11.7 Å². The summed E-state index contributed by atoms with van der Waals surface area (Å²) < 4.78 is 41.2. The lowest BCUT2D eigenvalue weighted by Gasteiger charge is -2.15. The number of nitrogens with two attached hydrogens (primary N) is 1. The minimum Gasteiger partial charge on any atom is -0.372 e. The van der Waals surface area contributed by atoms with Crippen molar-refractivity contribution >= 4 is 11.8 Å². The highest BCUT2D eigenvalue weighted by Crippen LogP contribution is 2.40. The van der Waals surface area contributed by atoms with Gasteiger partial charge in [0.05, 0.1) is 11.4 Å². The summed E-state index contributed by atoms with van der Waals surface area (Å²) >= 11 is 0. The van der Waals surface area contributed by atoms with E-state index in [0.29, 0.717) is 5.69 Å². The van der Waals surface area contributed by atoms with Crippen molar-refractivity contribution in [1.82, 2.24) is 19.7 Å². The third-order valence-electron chi connectivity index (χ3n) is 2.72. The molecule has 0 aliphatic heterocycles. The molecule has 2 aromatic heterocycles. The smallest absolute Gasteiger partial charge is 0.372 e. The van der Waals surface area contributed by atoms with Crippen molar-refractivity contribution in [2.75, 3.05) is 18.1 Å². The number of anilines is 2. The molecule has 0 fully saturated rings. The number of alkyl halides is 3. The summed E-state index contributed by atoms with van der Waals surface area (Å²) in [5.74, 6) is -0.594. The van der Waals surface area contributed by atoms with Crippen LogP contribution in [-0.4, -0.2) is 26.8 Å². The molecule has 9 heteroatoms. The number of nitrogens with one attached hydrogen (secondary N) is 1. The van der Waals surface area contributed by atoms with Gasteiger partial charge in [-0.05, 0) is 6.92 Å². The molecule has 0 atom stereocenters. The Bertz CT molecular complexity index is 646. The van der Waals surface area contributed by atoms with Crippen LogP contribution in [0.3, 0.4) is 0 Å². The summed E-state index contributed by atoms with van der Waals surface area (Å²) in [4.78, 5) is 7.34.